The summed E-state index contributed by atoms with van der Waals surface area (Å²) in [6.07, 6.45) is 19.0. The van der Waals surface area contributed by atoms with E-state index in [-0.39, 0.29) is 29.5 Å². The van der Waals surface area contributed by atoms with Gasteiger partial charge in [-0.15, -0.1) is 5.10 Å². The molecule has 2 atom stereocenters. The van der Waals surface area contributed by atoms with Crippen molar-refractivity contribution in [1.29, 1.82) is 0 Å². The van der Waals surface area contributed by atoms with Gasteiger partial charge in [0, 0.05) is 54.6 Å². The number of nitrogens with zero attached hydrogens (tertiary/aromatic N) is 5. The quantitative estimate of drug-likeness (QED) is 0.0409. The number of benzene rings is 2. The van der Waals surface area contributed by atoms with Crippen molar-refractivity contribution in [2.45, 2.75) is 91.2 Å². The Balaban J connectivity index is 1.12. The number of amides is 1. The number of pyridine rings is 1. The lowest BCUT2D eigenvalue weighted by molar-refractivity contribution is -0.145. The number of anilines is 1. The molecule has 300 valence electrons. The van der Waals surface area contributed by atoms with Crippen LogP contribution < -0.4 is 16.6 Å². The molecule has 0 aliphatic rings. The molecule has 0 fully saturated rings. The molecule has 4 heterocycles. The van der Waals surface area contributed by atoms with Gasteiger partial charge in [-0.3, -0.25) is 19.0 Å². The second-order valence-electron chi connectivity index (χ2n) is 14.9. The Labute approximate surface area is 339 Å². The van der Waals surface area contributed by atoms with E-state index < -0.39 is 11.9 Å². The Bertz CT molecular complexity index is 2520. The molecule has 6 aromatic rings. The number of aryl methyl sites for hydroxylation is 1. The van der Waals surface area contributed by atoms with Crippen molar-refractivity contribution < 1.29 is 14.3 Å². The number of aromatic nitrogens is 5. The molecule has 2 aromatic carbocycles. The molecule has 4 aromatic heterocycles. The van der Waals surface area contributed by atoms with E-state index in [1.54, 1.807) is 23.0 Å². The third-order valence-corrected chi connectivity index (χ3v) is 10.5. The number of hydrogen-bond acceptors (Lipinski definition) is 7. The Morgan fingerprint density at radius 2 is 1.76 bits per heavy atom. The highest BCUT2D eigenvalue weighted by atomic mass is 16.5. The fourth-order valence-corrected chi connectivity index (χ4v) is 6.98. The number of fused-ring (bicyclic) bond motifs is 2. The third kappa shape index (κ3) is 10.1. The molecule has 58 heavy (non-hydrogen) atoms. The summed E-state index contributed by atoms with van der Waals surface area (Å²) in [5, 5.41) is 8.37. The number of nitrogens with two attached hydrogens (primary N) is 1. The summed E-state index contributed by atoms with van der Waals surface area (Å²) < 4.78 is 10.6. The number of unbranched alkanes of at least 4 members (excludes halogenated alkanes) is 5. The fourth-order valence-electron chi connectivity index (χ4n) is 6.98. The molecule has 1 unspecified atom stereocenters. The number of rotatable bonds is 17. The van der Waals surface area contributed by atoms with Crippen LogP contribution in [-0.2, 0) is 23.2 Å². The lowest BCUT2D eigenvalue weighted by atomic mass is 10.0. The smallest absolute Gasteiger partial charge is 0.306 e. The minimum atomic E-state index is -0.615. The molecule has 0 saturated carbocycles. The minimum Gasteiger partial charge on any atom is -0.459 e. The van der Waals surface area contributed by atoms with Crippen LogP contribution in [0.5, 0.6) is 0 Å². The standard InChI is InChI=1S/C47H53N7O4/c1-5-33(2)19-13-10-8-6-7-9-11-16-24-41(55)58-32-39-29-35(31-52(39)4)25-26-36-20-17-21-37-30-40(54(47(57)42(36)37)38-22-14-12-15-23-38)34(3)50-46(56)43-44(48)51-53-28-18-27-49-45(43)53/h10,12-15,17-18,20-23,27-31,33-34H,5-9,11,16,19,24,32H2,1-4H3,(H2,48,51)(H,50,56)/b13-10-/t33?,34-/m0/s1. The van der Waals surface area contributed by atoms with Crippen LogP contribution in [0.2, 0.25) is 0 Å². The van der Waals surface area contributed by atoms with E-state index in [4.69, 9.17) is 10.5 Å². The van der Waals surface area contributed by atoms with Gasteiger partial charge in [-0.2, -0.15) is 0 Å². The minimum absolute atomic E-state index is 0.0558. The number of para-hydroxylation sites is 1. The molecule has 0 aliphatic carbocycles. The molecule has 0 aliphatic heterocycles. The number of nitrogens with one attached hydrogen (secondary N) is 1. The monoisotopic (exact) mass is 779 g/mol. The predicted molar refractivity (Wildman–Crippen MR) is 230 cm³/mol. The van der Waals surface area contributed by atoms with Gasteiger partial charge in [0.05, 0.1) is 17.1 Å². The van der Waals surface area contributed by atoms with Gasteiger partial charge in [-0.1, -0.05) is 93.9 Å². The molecule has 6 rings (SSSR count). The summed E-state index contributed by atoms with van der Waals surface area (Å²) in [6.45, 7) is 6.50. The zero-order chi connectivity index (χ0) is 41.0. The van der Waals surface area contributed by atoms with Crippen LogP contribution >= 0.6 is 0 Å². The highest BCUT2D eigenvalue weighted by Gasteiger charge is 2.24. The highest BCUT2D eigenvalue weighted by molar-refractivity contribution is 6.04. The average molecular weight is 780 g/mol. The molecule has 11 nitrogen and oxygen atoms in total. The van der Waals surface area contributed by atoms with Crippen molar-refractivity contribution in [3.05, 3.63) is 136 Å². The molecule has 0 saturated heterocycles. The summed E-state index contributed by atoms with van der Waals surface area (Å²) in [7, 11) is 1.90. The number of nitrogen functional groups attached to an aromatic ring is 1. The van der Waals surface area contributed by atoms with Gasteiger partial charge >= 0.3 is 5.97 Å². The van der Waals surface area contributed by atoms with Crippen molar-refractivity contribution in [2.24, 2.45) is 13.0 Å². The summed E-state index contributed by atoms with van der Waals surface area (Å²) >= 11 is 0. The van der Waals surface area contributed by atoms with Gasteiger partial charge in [-0.25, -0.2) is 9.50 Å². The van der Waals surface area contributed by atoms with Crippen LogP contribution in [0.3, 0.4) is 0 Å². The maximum absolute atomic E-state index is 14.5. The van der Waals surface area contributed by atoms with Crippen molar-refractivity contribution in [2.75, 3.05) is 5.73 Å². The number of carbonyl (C=O) groups is 2. The number of allylic oxidation sites excluding steroid dienone is 2. The Kier molecular flexibility index (Phi) is 14.0. The van der Waals surface area contributed by atoms with Crippen LogP contribution in [0.15, 0.2) is 102 Å². The fraction of sp³-hybridized carbons (Fsp3) is 0.340. The van der Waals surface area contributed by atoms with Gasteiger partial charge in [0.1, 0.15) is 12.2 Å². The van der Waals surface area contributed by atoms with E-state index in [0.29, 0.717) is 39.8 Å². The Hall–Kier alpha value is -6.41. The van der Waals surface area contributed by atoms with Gasteiger partial charge < -0.3 is 20.4 Å². The molecular formula is C47H53N7O4. The van der Waals surface area contributed by atoms with Crippen LogP contribution in [0.4, 0.5) is 5.82 Å². The first-order valence-corrected chi connectivity index (χ1v) is 20.3. The number of esters is 1. The first-order chi connectivity index (χ1) is 28.1. The third-order valence-electron chi connectivity index (χ3n) is 10.5. The van der Waals surface area contributed by atoms with Crippen LogP contribution in [0.1, 0.15) is 117 Å². The SMILES string of the molecule is CCC(C)C/C=C\CCCCCCCC(=O)OCc1cc(C#Cc2cccc3cc([C@H](C)NC(=O)c4c(N)nn5cccnc45)n(-c4ccccc4)c(=O)c23)cn1C. The number of hydrogen-bond donors (Lipinski definition) is 2. The predicted octanol–water partition coefficient (Wildman–Crippen LogP) is 8.61. The molecular weight excluding hydrogens is 727 g/mol. The lowest BCUT2D eigenvalue weighted by Crippen LogP contribution is -2.32. The Morgan fingerprint density at radius 1 is 0.966 bits per heavy atom. The molecule has 0 radical (unpaired) electrons. The van der Waals surface area contributed by atoms with E-state index in [2.05, 4.69) is 53.2 Å². The van der Waals surface area contributed by atoms with Crippen molar-refractivity contribution >= 4 is 34.1 Å². The van der Waals surface area contributed by atoms with E-state index in [0.717, 1.165) is 49.3 Å². The summed E-state index contributed by atoms with van der Waals surface area (Å²) in [4.78, 5) is 44.9. The van der Waals surface area contributed by atoms with Crippen molar-refractivity contribution in [3.63, 3.8) is 0 Å². The van der Waals surface area contributed by atoms with E-state index in [1.807, 2.05) is 85.4 Å². The summed E-state index contributed by atoms with van der Waals surface area (Å²) in [5.74, 6) is 6.60. The van der Waals surface area contributed by atoms with E-state index in [1.165, 1.54) is 23.8 Å². The summed E-state index contributed by atoms with van der Waals surface area (Å²) in [5.41, 5.74) is 9.70. The molecule has 0 bridgehead atoms. The van der Waals surface area contributed by atoms with Crippen molar-refractivity contribution in [3.8, 4) is 17.5 Å². The second kappa shape index (κ2) is 19.6. The van der Waals surface area contributed by atoms with Gasteiger partial charge in [0.2, 0.25) is 0 Å². The summed E-state index contributed by atoms with van der Waals surface area (Å²) in [6, 6.07) is 19.7. The van der Waals surface area contributed by atoms with Crippen LogP contribution in [0, 0.1) is 17.8 Å². The highest BCUT2D eigenvalue weighted by Crippen LogP contribution is 2.25. The van der Waals surface area contributed by atoms with E-state index in [9.17, 15) is 14.4 Å². The largest absolute Gasteiger partial charge is 0.459 e. The lowest BCUT2D eigenvalue weighted by Gasteiger charge is -2.21. The second-order valence-corrected chi connectivity index (χ2v) is 14.9. The number of ether oxygens (including phenoxy) is 1. The topological polar surface area (TPSA) is 139 Å². The first kappa shape index (κ1) is 41.2. The molecule has 0 spiro atoms. The van der Waals surface area contributed by atoms with Crippen molar-refractivity contribution in [1.82, 2.24) is 29.0 Å². The normalized spacial score (nSPS) is 12.4. The number of carbonyl (C=O) groups excluding carboxylic acids is 2. The van der Waals surface area contributed by atoms with Crippen LogP contribution in [0.25, 0.3) is 22.1 Å². The van der Waals surface area contributed by atoms with Gasteiger partial charge in [0.15, 0.2) is 11.5 Å². The zero-order valence-electron chi connectivity index (χ0n) is 33.9. The van der Waals surface area contributed by atoms with Gasteiger partial charge in [0.25, 0.3) is 11.5 Å². The molecule has 1 amide bonds. The average Bonchev–Trinajstić information content (AvgIpc) is 3.77. The van der Waals surface area contributed by atoms with Crippen LogP contribution in [-0.4, -0.2) is 35.6 Å². The zero-order valence-corrected chi connectivity index (χ0v) is 33.9. The first-order valence-electron chi connectivity index (χ1n) is 20.3. The maximum Gasteiger partial charge on any atom is 0.306 e. The molecule has 3 N–H and O–H groups in total. The van der Waals surface area contributed by atoms with Gasteiger partial charge in [-0.05, 0) is 80.3 Å². The molecule has 11 heteroatoms. The Morgan fingerprint density at radius 3 is 2.57 bits per heavy atom. The maximum atomic E-state index is 14.5. The van der Waals surface area contributed by atoms with E-state index >= 15 is 0 Å².